The summed E-state index contributed by atoms with van der Waals surface area (Å²) in [5.41, 5.74) is 1.12. The summed E-state index contributed by atoms with van der Waals surface area (Å²) in [5, 5.41) is 11.7. The van der Waals surface area contributed by atoms with Crippen LogP contribution in [-0.4, -0.2) is 61.0 Å². The number of likely N-dealkylation sites (N-methyl/N-ethyl adjacent to an activating group) is 1. The van der Waals surface area contributed by atoms with Gasteiger partial charge in [-0.3, -0.25) is 0 Å². The maximum absolute atomic E-state index is 12.3. The summed E-state index contributed by atoms with van der Waals surface area (Å²) in [4.78, 5) is 15.0. The highest BCUT2D eigenvalue weighted by Crippen LogP contribution is 2.21. The van der Waals surface area contributed by atoms with E-state index in [-0.39, 0.29) is 6.04 Å². The fraction of sp³-hybridized carbons (Fsp3) is 0.562. The van der Waals surface area contributed by atoms with Crippen LogP contribution in [0.25, 0.3) is 0 Å². The summed E-state index contributed by atoms with van der Waals surface area (Å²) in [6.45, 7) is 0.756. The Morgan fingerprint density at radius 2 is 1.92 bits per heavy atom. The molecule has 2 N–H and O–H groups in total. The van der Waals surface area contributed by atoms with Gasteiger partial charge in [0.25, 0.3) is 0 Å². The van der Waals surface area contributed by atoms with Crippen LogP contribution in [0.3, 0.4) is 0 Å². The highest BCUT2D eigenvalue weighted by atomic mass is 19.4. The molecule has 1 aromatic rings. The average molecular weight is 345 g/mol. The topological polar surface area (TPSA) is 55.8 Å². The van der Waals surface area contributed by atoms with Crippen LogP contribution in [0, 0.1) is 0 Å². The van der Waals surface area contributed by atoms with Gasteiger partial charge in [0, 0.05) is 31.9 Å². The van der Waals surface area contributed by atoms with Gasteiger partial charge in [-0.1, -0.05) is 18.2 Å². The van der Waals surface area contributed by atoms with E-state index >= 15 is 0 Å². The molecule has 0 radical (unpaired) electrons. The van der Waals surface area contributed by atoms with E-state index in [0.717, 1.165) is 36.5 Å². The third-order valence-corrected chi connectivity index (χ3v) is 4.12. The second-order valence-corrected chi connectivity index (χ2v) is 5.98. The van der Waals surface area contributed by atoms with Gasteiger partial charge in [0.2, 0.25) is 0 Å². The Bertz CT molecular complexity index is 531. The van der Waals surface area contributed by atoms with Crippen LogP contribution < -0.4 is 10.2 Å². The molecule has 1 fully saturated rings. The molecular formula is C16H22F3N3O2. The van der Waals surface area contributed by atoms with Gasteiger partial charge in [-0.25, -0.2) is 4.79 Å². The number of carbonyl (C=O) groups is 1. The first-order chi connectivity index (χ1) is 11.3. The minimum atomic E-state index is -4.73. The molecule has 1 atom stereocenters. The number of amides is 2. The lowest BCUT2D eigenvalue weighted by molar-refractivity contribution is -0.205. The molecule has 2 amide bonds. The number of halogens is 3. The number of nitrogens with one attached hydrogen (secondary N) is 1. The third kappa shape index (κ3) is 5.02. The van der Waals surface area contributed by atoms with Gasteiger partial charge in [0.1, 0.15) is 0 Å². The van der Waals surface area contributed by atoms with Gasteiger partial charge >= 0.3 is 12.2 Å². The van der Waals surface area contributed by atoms with E-state index in [4.69, 9.17) is 5.11 Å². The summed E-state index contributed by atoms with van der Waals surface area (Å²) in [6, 6.07) is 9.23. The Morgan fingerprint density at radius 1 is 1.33 bits per heavy atom. The predicted octanol–water partition coefficient (Wildman–Crippen LogP) is 2.22. The molecule has 1 saturated heterocycles. The number of benzene rings is 1. The van der Waals surface area contributed by atoms with Crippen molar-refractivity contribution in [1.82, 2.24) is 10.2 Å². The van der Waals surface area contributed by atoms with E-state index in [2.05, 4.69) is 10.2 Å². The molecule has 0 spiro atoms. The van der Waals surface area contributed by atoms with Crippen LogP contribution in [0.4, 0.5) is 23.7 Å². The van der Waals surface area contributed by atoms with Crippen molar-refractivity contribution >= 4 is 11.7 Å². The van der Waals surface area contributed by atoms with Crippen molar-refractivity contribution in [3.8, 4) is 0 Å². The highest BCUT2D eigenvalue weighted by molar-refractivity contribution is 5.74. The predicted molar refractivity (Wildman–Crippen MR) is 84.9 cm³/mol. The monoisotopic (exact) mass is 345 g/mol. The first-order valence-electron chi connectivity index (χ1n) is 7.84. The maximum atomic E-state index is 12.3. The molecule has 0 aromatic heterocycles. The van der Waals surface area contributed by atoms with Crippen molar-refractivity contribution in [2.75, 3.05) is 31.6 Å². The van der Waals surface area contributed by atoms with Crippen LogP contribution in [0.15, 0.2) is 30.3 Å². The quantitative estimate of drug-likeness (QED) is 0.880. The molecule has 0 saturated carbocycles. The lowest BCUT2D eigenvalue weighted by atomic mass is 10.0. The van der Waals surface area contributed by atoms with Crippen LogP contribution in [0.1, 0.15) is 12.8 Å². The van der Waals surface area contributed by atoms with E-state index in [0.29, 0.717) is 0 Å². The second-order valence-electron chi connectivity index (χ2n) is 5.98. The Morgan fingerprint density at radius 3 is 2.46 bits per heavy atom. The number of carbonyl (C=O) groups excluding carboxylic acids is 1. The molecule has 5 nitrogen and oxygen atoms in total. The van der Waals surface area contributed by atoms with Crippen LogP contribution in [0.2, 0.25) is 0 Å². The largest absolute Gasteiger partial charge is 0.416 e. The molecule has 0 aliphatic carbocycles. The smallest absolute Gasteiger partial charge is 0.382 e. The van der Waals surface area contributed by atoms with Crippen molar-refractivity contribution in [3.63, 3.8) is 0 Å². The maximum Gasteiger partial charge on any atom is 0.416 e. The minimum Gasteiger partial charge on any atom is -0.382 e. The Labute approximate surface area is 139 Å². The van der Waals surface area contributed by atoms with E-state index in [1.54, 1.807) is 0 Å². The van der Waals surface area contributed by atoms with Crippen LogP contribution in [-0.2, 0) is 0 Å². The van der Waals surface area contributed by atoms with Gasteiger partial charge < -0.3 is 20.2 Å². The Hall–Kier alpha value is -1.96. The van der Waals surface area contributed by atoms with Crippen molar-refractivity contribution < 1.29 is 23.1 Å². The van der Waals surface area contributed by atoms with E-state index in [9.17, 15) is 18.0 Å². The molecule has 1 heterocycles. The standard InChI is InChI=1S/C16H22F3N3O2/c1-21(11-14(23)16(17,18)19)15(24)20-12-7-9-22(10-8-12)13-5-3-2-4-6-13/h2-6,12,14,23H,7-11H2,1H3,(H,20,24)/t14-/m0/s1. The zero-order valence-corrected chi connectivity index (χ0v) is 13.5. The highest BCUT2D eigenvalue weighted by Gasteiger charge is 2.39. The summed E-state index contributed by atoms with van der Waals surface area (Å²) >= 11 is 0. The fourth-order valence-electron chi connectivity index (χ4n) is 2.65. The molecule has 0 unspecified atom stereocenters. The minimum absolute atomic E-state index is 0.0806. The molecule has 1 aliphatic rings. The zero-order valence-electron chi connectivity index (χ0n) is 13.5. The number of aliphatic hydroxyl groups excluding tert-OH is 1. The Balaban J connectivity index is 1.78. The molecule has 24 heavy (non-hydrogen) atoms. The first kappa shape index (κ1) is 18.4. The van der Waals surface area contributed by atoms with Crippen molar-refractivity contribution in [2.45, 2.75) is 31.2 Å². The third-order valence-electron chi connectivity index (χ3n) is 4.12. The molecule has 1 aromatic carbocycles. The molecular weight excluding hydrogens is 323 g/mol. The molecule has 134 valence electrons. The zero-order chi connectivity index (χ0) is 17.7. The molecule has 2 rings (SSSR count). The summed E-state index contributed by atoms with van der Waals surface area (Å²) < 4.78 is 37.0. The summed E-state index contributed by atoms with van der Waals surface area (Å²) in [6.07, 6.45) is -5.82. The summed E-state index contributed by atoms with van der Waals surface area (Å²) in [5.74, 6) is 0. The lowest BCUT2D eigenvalue weighted by Gasteiger charge is -2.34. The number of urea groups is 1. The number of hydrogen-bond acceptors (Lipinski definition) is 3. The van der Waals surface area contributed by atoms with E-state index in [1.165, 1.54) is 7.05 Å². The van der Waals surface area contributed by atoms with Gasteiger partial charge in [-0.15, -0.1) is 0 Å². The number of piperidine rings is 1. The number of anilines is 1. The molecule has 0 bridgehead atoms. The average Bonchev–Trinajstić information content (AvgIpc) is 2.55. The summed E-state index contributed by atoms with van der Waals surface area (Å²) in [7, 11) is 1.24. The number of rotatable bonds is 4. The van der Waals surface area contributed by atoms with Crippen LogP contribution in [0.5, 0.6) is 0 Å². The molecule has 8 heteroatoms. The van der Waals surface area contributed by atoms with Crippen molar-refractivity contribution in [2.24, 2.45) is 0 Å². The van der Waals surface area contributed by atoms with Crippen molar-refractivity contribution in [1.29, 1.82) is 0 Å². The lowest BCUT2D eigenvalue weighted by Crippen LogP contribution is -2.51. The van der Waals surface area contributed by atoms with Crippen LogP contribution >= 0.6 is 0 Å². The number of nitrogens with zero attached hydrogens (tertiary/aromatic N) is 2. The van der Waals surface area contributed by atoms with E-state index < -0.39 is 24.9 Å². The van der Waals surface area contributed by atoms with Crippen molar-refractivity contribution in [3.05, 3.63) is 30.3 Å². The van der Waals surface area contributed by atoms with Gasteiger partial charge in [-0.05, 0) is 25.0 Å². The second kappa shape index (κ2) is 7.74. The molecule has 1 aliphatic heterocycles. The SMILES string of the molecule is CN(C[C@H](O)C(F)(F)F)C(=O)NC1CCN(c2ccccc2)CC1. The fourth-order valence-corrected chi connectivity index (χ4v) is 2.65. The van der Waals surface area contributed by atoms with Gasteiger partial charge in [0.05, 0.1) is 6.54 Å². The first-order valence-corrected chi connectivity index (χ1v) is 7.84. The number of aliphatic hydroxyl groups is 1. The normalized spacial score (nSPS) is 17.5. The van der Waals surface area contributed by atoms with Gasteiger partial charge in [0.15, 0.2) is 6.10 Å². The number of alkyl halides is 3. The van der Waals surface area contributed by atoms with E-state index in [1.807, 2.05) is 30.3 Å². The Kier molecular flexibility index (Phi) is 5.93. The van der Waals surface area contributed by atoms with Gasteiger partial charge in [-0.2, -0.15) is 13.2 Å². The number of para-hydroxylation sites is 1. The number of hydrogen-bond donors (Lipinski definition) is 2.